The van der Waals surface area contributed by atoms with Gasteiger partial charge in [0.2, 0.25) is 0 Å². The second-order valence-corrected chi connectivity index (χ2v) is 5.62. The van der Waals surface area contributed by atoms with Crippen molar-refractivity contribution in [3.8, 4) is 0 Å². The third-order valence-electron chi connectivity index (χ3n) is 2.28. The molecule has 3 heteroatoms. The molecule has 0 bridgehead atoms. The van der Waals surface area contributed by atoms with Crippen LogP contribution in [0.5, 0.6) is 0 Å². The highest BCUT2D eigenvalue weighted by molar-refractivity contribution is 5.89. The Bertz CT molecular complexity index is 374. The second-order valence-electron chi connectivity index (χ2n) is 5.62. The molecule has 0 saturated carbocycles. The average molecular weight is 250 g/mol. The highest BCUT2D eigenvalue weighted by Crippen LogP contribution is 2.12. The lowest BCUT2D eigenvalue weighted by atomic mass is 9.99. The first-order chi connectivity index (χ1) is 8.38. The van der Waals surface area contributed by atoms with E-state index in [2.05, 4.69) is 20.8 Å². The third kappa shape index (κ3) is 5.82. The molecule has 18 heavy (non-hydrogen) atoms. The van der Waals surface area contributed by atoms with Gasteiger partial charge in [-0.1, -0.05) is 38.5 Å². The number of carbonyl (C=O) groups is 1. The minimum atomic E-state index is -0.297. The molecule has 1 rings (SSSR count). The van der Waals surface area contributed by atoms with Crippen molar-refractivity contribution in [2.45, 2.75) is 27.7 Å². The van der Waals surface area contributed by atoms with Crippen LogP contribution in [0.25, 0.3) is 0 Å². The van der Waals surface area contributed by atoms with E-state index in [1.54, 1.807) is 12.1 Å². The zero-order valence-corrected chi connectivity index (χ0v) is 11.7. The molecule has 0 N–H and O–H groups in total. The minimum absolute atomic E-state index is 0.140. The molecule has 0 aliphatic heterocycles. The van der Waals surface area contributed by atoms with Crippen molar-refractivity contribution in [1.82, 2.24) is 0 Å². The van der Waals surface area contributed by atoms with Gasteiger partial charge in [-0.2, -0.15) is 0 Å². The summed E-state index contributed by atoms with van der Waals surface area (Å²) in [5.74, 6) is -0.297. The van der Waals surface area contributed by atoms with Crippen molar-refractivity contribution in [2.75, 3.05) is 19.8 Å². The molecule has 100 valence electrons. The van der Waals surface area contributed by atoms with Crippen LogP contribution in [-0.2, 0) is 9.47 Å². The van der Waals surface area contributed by atoms with Gasteiger partial charge in [0.05, 0.1) is 18.8 Å². The summed E-state index contributed by atoms with van der Waals surface area (Å²) in [5.41, 5.74) is 1.84. The molecule has 3 nitrogen and oxygen atoms in total. The summed E-state index contributed by atoms with van der Waals surface area (Å²) in [6.45, 7) is 9.68. The van der Waals surface area contributed by atoms with Crippen LogP contribution in [0.1, 0.15) is 36.7 Å². The fourth-order valence-corrected chi connectivity index (χ4v) is 1.34. The Labute approximate surface area is 109 Å². The summed E-state index contributed by atoms with van der Waals surface area (Å²) < 4.78 is 10.5. The fourth-order valence-electron chi connectivity index (χ4n) is 1.34. The van der Waals surface area contributed by atoms with Gasteiger partial charge in [0.15, 0.2) is 0 Å². The van der Waals surface area contributed by atoms with E-state index >= 15 is 0 Å². The van der Waals surface area contributed by atoms with Gasteiger partial charge in [-0.05, 0) is 24.5 Å². The van der Waals surface area contributed by atoms with E-state index in [4.69, 9.17) is 9.47 Å². The van der Waals surface area contributed by atoms with Gasteiger partial charge in [-0.25, -0.2) is 4.79 Å². The van der Waals surface area contributed by atoms with Crippen molar-refractivity contribution >= 4 is 5.97 Å². The SMILES string of the molecule is Cc1ccc(C(=O)OCCOCC(C)(C)C)cc1. The Hall–Kier alpha value is -1.35. The van der Waals surface area contributed by atoms with Crippen molar-refractivity contribution in [3.63, 3.8) is 0 Å². The third-order valence-corrected chi connectivity index (χ3v) is 2.28. The summed E-state index contributed by atoms with van der Waals surface area (Å²) in [7, 11) is 0. The lowest BCUT2D eigenvalue weighted by Gasteiger charge is -2.17. The van der Waals surface area contributed by atoms with Crippen LogP contribution in [0.4, 0.5) is 0 Å². The van der Waals surface area contributed by atoms with Crippen molar-refractivity contribution in [3.05, 3.63) is 35.4 Å². The van der Waals surface area contributed by atoms with Crippen LogP contribution in [0, 0.1) is 12.3 Å². The van der Waals surface area contributed by atoms with E-state index < -0.39 is 0 Å². The summed E-state index contributed by atoms with van der Waals surface area (Å²) >= 11 is 0. The molecule has 0 unspecified atom stereocenters. The monoisotopic (exact) mass is 250 g/mol. The van der Waals surface area contributed by atoms with E-state index in [0.29, 0.717) is 25.4 Å². The molecule has 0 saturated heterocycles. The van der Waals surface area contributed by atoms with Gasteiger partial charge in [-0.15, -0.1) is 0 Å². The summed E-state index contributed by atoms with van der Waals surface area (Å²) in [5, 5.41) is 0. The van der Waals surface area contributed by atoms with Crippen LogP contribution < -0.4 is 0 Å². The highest BCUT2D eigenvalue weighted by atomic mass is 16.6. The molecular formula is C15H22O3. The van der Waals surface area contributed by atoms with Crippen LogP contribution in [0.2, 0.25) is 0 Å². The quantitative estimate of drug-likeness (QED) is 0.594. The standard InChI is InChI=1S/C15H22O3/c1-12-5-7-13(8-6-12)14(16)18-10-9-17-11-15(2,3)4/h5-8H,9-11H2,1-4H3. The van der Waals surface area contributed by atoms with Gasteiger partial charge in [-0.3, -0.25) is 0 Å². The first kappa shape index (κ1) is 14.7. The summed E-state index contributed by atoms with van der Waals surface area (Å²) in [6.07, 6.45) is 0. The Morgan fingerprint density at radius 1 is 1.11 bits per heavy atom. The Morgan fingerprint density at radius 3 is 2.28 bits per heavy atom. The minimum Gasteiger partial charge on any atom is -0.460 e. The van der Waals surface area contributed by atoms with E-state index in [0.717, 1.165) is 5.56 Å². The number of hydrogen-bond acceptors (Lipinski definition) is 3. The molecule has 0 heterocycles. The Morgan fingerprint density at radius 2 is 1.72 bits per heavy atom. The van der Waals surface area contributed by atoms with Crippen LogP contribution in [0.3, 0.4) is 0 Å². The number of esters is 1. The Kier molecular flexibility index (Phi) is 5.35. The second kappa shape index (κ2) is 6.55. The maximum absolute atomic E-state index is 11.6. The maximum Gasteiger partial charge on any atom is 0.338 e. The zero-order chi connectivity index (χ0) is 13.6. The first-order valence-corrected chi connectivity index (χ1v) is 6.20. The van der Waals surface area contributed by atoms with Gasteiger partial charge in [0, 0.05) is 0 Å². The van der Waals surface area contributed by atoms with Gasteiger partial charge in [0.1, 0.15) is 6.61 Å². The lowest BCUT2D eigenvalue weighted by Crippen LogP contribution is -2.18. The number of benzene rings is 1. The number of ether oxygens (including phenoxy) is 2. The molecule has 0 atom stereocenters. The number of hydrogen-bond donors (Lipinski definition) is 0. The maximum atomic E-state index is 11.6. The van der Waals surface area contributed by atoms with E-state index in [1.807, 2.05) is 19.1 Å². The van der Waals surface area contributed by atoms with Gasteiger partial charge in [0.25, 0.3) is 0 Å². The van der Waals surface area contributed by atoms with Gasteiger partial charge < -0.3 is 9.47 Å². The summed E-state index contributed by atoms with van der Waals surface area (Å²) in [4.78, 5) is 11.6. The molecule has 0 spiro atoms. The molecule has 0 amide bonds. The smallest absolute Gasteiger partial charge is 0.338 e. The normalized spacial score (nSPS) is 11.3. The summed E-state index contributed by atoms with van der Waals surface area (Å²) in [6, 6.07) is 7.33. The first-order valence-electron chi connectivity index (χ1n) is 6.20. The topological polar surface area (TPSA) is 35.5 Å². The molecule has 0 aliphatic rings. The molecule has 0 radical (unpaired) electrons. The van der Waals surface area contributed by atoms with Crippen LogP contribution in [-0.4, -0.2) is 25.8 Å². The molecule has 0 fully saturated rings. The van der Waals surface area contributed by atoms with E-state index in [1.165, 1.54) is 0 Å². The lowest BCUT2D eigenvalue weighted by molar-refractivity contribution is 0.0179. The van der Waals surface area contributed by atoms with Crippen molar-refractivity contribution < 1.29 is 14.3 Å². The largest absolute Gasteiger partial charge is 0.460 e. The molecule has 0 aliphatic carbocycles. The zero-order valence-electron chi connectivity index (χ0n) is 11.7. The Balaban J connectivity index is 2.24. The highest BCUT2D eigenvalue weighted by Gasteiger charge is 2.10. The van der Waals surface area contributed by atoms with Crippen molar-refractivity contribution in [1.29, 1.82) is 0 Å². The van der Waals surface area contributed by atoms with E-state index in [9.17, 15) is 4.79 Å². The molecule has 0 aromatic heterocycles. The van der Waals surface area contributed by atoms with Gasteiger partial charge >= 0.3 is 5.97 Å². The average Bonchev–Trinajstić information content (AvgIpc) is 2.27. The number of rotatable bonds is 5. The van der Waals surface area contributed by atoms with E-state index in [-0.39, 0.29) is 11.4 Å². The molecule has 1 aromatic rings. The van der Waals surface area contributed by atoms with Crippen molar-refractivity contribution in [2.24, 2.45) is 5.41 Å². The molecule has 1 aromatic carbocycles. The molecular weight excluding hydrogens is 228 g/mol. The van der Waals surface area contributed by atoms with Crippen LogP contribution >= 0.6 is 0 Å². The van der Waals surface area contributed by atoms with Crippen LogP contribution in [0.15, 0.2) is 24.3 Å². The fraction of sp³-hybridized carbons (Fsp3) is 0.533. The predicted molar refractivity (Wildman–Crippen MR) is 71.7 cm³/mol. The number of carbonyl (C=O) groups excluding carboxylic acids is 1. The predicted octanol–water partition coefficient (Wildman–Crippen LogP) is 3.21. The number of aryl methyl sites for hydroxylation is 1.